The minimum absolute atomic E-state index is 0.0586. The van der Waals surface area contributed by atoms with Gasteiger partial charge in [0.25, 0.3) is 0 Å². The smallest absolute Gasteiger partial charge is 0.246 e. The number of carbonyl (C=O) groups is 2. The second-order valence-corrected chi connectivity index (χ2v) is 6.45. The van der Waals surface area contributed by atoms with Gasteiger partial charge in [-0.15, -0.1) is 0 Å². The summed E-state index contributed by atoms with van der Waals surface area (Å²) < 4.78 is 0. The van der Waals surface area contributed by atoms with Crippen LogP contribution < -0.4 is 5.32 Å². The Morgan fingerprint density at radius 2 is 1.81 bits per heavy atom. The van der Waals surface area contributed by atoms with E-state index in [1.54, 1.807) is 37.4 Å². The standard InChI is InChI=1S/C21H18ClN3O2/c1-25(14-20(26)24-18-10-7-16(22)8-11-18)21(27)13-12-17-9-6-15-4-2-3-5-19(15)23-17/h2-13H,14H2,1H3,(H,24,26)/b13-12+. The Kier molecular flexibility index (Phi) is 5.84. The first-order chi connectivity index (χ1) is 13.0. The highest BCUT2D eigenvalue weighted by atomic mass is 35.5. The van der Waals surface area contributed by atoms with Crippen molar-refractivity contribution in [3.63, 3.8) is 0 Å². The van der Waals surface area contributed by atoms with Gasteiger partial charge >= 0.3 is 0 Å². The molecule has 0 radical (unpaired) electrons. The van der Waals surface area contributed by atoms with E-state index in [0.717, 1.165) is 10.9 Å². The van der Waals surface area contributed by atoms with Crippen LogP contribution in [-0.4, -0.2) is 35.3 Å². The van der Waals surface area contributed by atoms with Crippen LogP contribution in [0.5, 0.6) is 0 Å². The fraction of sp³-hybridized carbons (Fsp3) is 0.0952. The fourth-order valence-electron chi connectivity index (χ4n) is 2.49. The topological polar surface area (TPSA) is 62.3 Å². The first kappa shape index (κ1) is 18.6. The van der Waals surface area contributed by atoms with Crippen molar-refractivity contribution in [2.24, 2.45) is 0 Å². The van der Waals surface area contributed by atoms with Gasteiger partial charge in [-0.1, -0.05) is 35.9 Å². The van der Waals surface area contributed by atoms with E-state index in [0.29, 0.717) is 16.4 Å². The maximum absolute atomic E-state index is 12.2. The van der Waals surface area contributed by atoms with Crippen molar-refractivity contribution in [1.29, 1.82) is 0 Å². The fourth-order valence-corrected chi connectivity index (χ4v) is 2.61. The largest absolute Gasteiger partial charge is 0.333 e. The number of para-hydroxylation sites is 1. The van der Waals surface area contributed by atoms with Crippen LogP contribution in [0.25, 0.3) is 17.0 Å². The average Bonchev–Trinajstić information content (AvgIpc) is 2.67. The van der Waals surface area contributed by atoms with E-state index >= 15 is 0 Å². The Hall–Kier alpha value is -3.18. The number of carbonyl (C=O) groups excluding carboxylic acids is 2. The monoisotopic (exact) mass is 379 g/mol. The normalized spacial score (nSPS) is 10.9. The summed E-state index contributed by atoms with van der Waals surface area (Å²) in [5, 5.41) is 4.35. The second-order valence-electron chi connectivity index (χ2n) is 6.01. The molecule has 3 aromatic rings. The first-order valence-corrected chi connectivity index (χ1v) is 8.73. The van der Waals surface area contributed by atoms with Gasteiger partial charge in [0.05, 0.1) is 17.8 Å². The van der Waals surface area contributed by atoms with E-state index in [2.05, 4.69) is 10.3 Å². The summed E-state index contributed by atoms with van der Waals surface area (Å²) in [5.74, 6) is -0.568. The van der Waals surface area contributed by atoms with E-state index in [9.17, 15) is 9.59 Å². The third-order valence-corrected chi connectivity index (χ3v) is 4.15. The molecular formula is C21H18ClN3O2. The molecule has 1 N–H and O–H groups in total. The van der Waals surface area contributed by atoms with Gasteiger partial charge in [0.2, 0.25) is 11.8 Å². The molecule has 27 heavy (non-hydrogen) atoms. The van der Waals surface area contributed by atoms with Crippen molar-refractivity contribution in [1.82, 2.24) is 9.88 Å². The van der Waals surface area contributed by atoms with E-state index in [4.69, 9.17) is 11.6 Å². The van der Waals surface area contributed by atoms with E-state index < -0.39 is 0 Å². The number of halogens is 1. The lowest BCUT2D eigenvalue weighted by molar-refractivity contribution is -0.129. The molecule has 2 aromatic carbocycles. The van der Waals surface area contributed by atoms with Crippen molar-refractivity contribution in [3.8, 4) is 0 Å². The number of amides is 2. The van der Waals surface area contributed by atoms with Crippen LogP contribution in [0.15, 0.2) is 66.7 Å². The van der Waals surface area contributed by atoms with Crippen molar-refractivity contribution in [2.75, 3.05) is 18.9 Å². The maximum atomic E-state index is 12.2. The molecule has 0 saturated heterocycles. The number of hydrogen-bond acceptors (Lipinski definition) is 3. The van der Waals surface area contributed by atoms with Crippen molar-refractivity contribution in [2.45, 2.75) is 0 Å². The molecule has 0 aliphatic carbocycles. The molecule has 6 heteroatoms. The van der Waals surface area contributed by atoms with Gasteiger partial charge in [0, 0.05) is 29.2 Å². The van der Waals surface area contributed by atoms with Crippen LogP contribution >= 0.6 is 11.6 Å². The molecular weight excluding hydrogens is 362 g/mol. The molecule has 0 aliphatic rings. The van der Waals surface area contributed by atoms with E-state index in [1.165, 1.54) is 11.0 Å². The minimum atomic E-state index is -0.287. The van der Waals surface area contributed by atoms with Crippen LogP contribution in [0.1, 0.15) is 5.69 Å². The Labute approximate surface area is 162 Å². The van der Waals surface area contributed by atoms with Crippen LogP contribution in [-0.2, 0) is 9.59 Å². The van der Waals surface area contributed by atoms with Crippen molar-refractivity contribution >= 4 is 46.1 Å². The zero-order valence-corrected chi connectivity index (χ0v) is 15.5. The highest BCUT2D eigenvalue weighted by Crippen LogP contribution is 2.14. The molecule has 1 heterocycles. The number of likely N-dealkylation sites (N-methyl/N-ethyl adjacent to an activating group) is 1. The highest BCUT2D eigenvalue weighted by Gasteiger charge is 2.11. The molecule has 0 aliphatic heterocycles. The maximum Gasteiger partial charge on any atom is 0.246 e. The molecule has 0 atom stereocenters. The number of nitrogens with one attached hydrogen (secondary N) is 1. The number of fused-ring (bicyclic) bond motifs is 1. The lowest BCUT2D eigenvalue weighted by atomic mass is 10.2. The summed E-state index contributed by atoms with van der Waals surface area (Å²) in [6, 6.07) is 18.3. The molecule has 0 saturated carbocycles. The van der Waals surface area contributed by atoms with E-state index in [1.807, 2.05) is 36.4 Å². The van der Waals surface area contributed by atoms with Crippen LogP contribution in [0.4, 0.5) is 5.69 Å². The zero-order valence-electron chi connectivity index (χ0n) is 14.7. The number of nitrogens with zero attached hydrogens (tertiary/aromatic N) is 2. The predicted molar refractivity (Wildman–Crippen MR) is 108 cm³/mol. The van der Waals surface area contributed by atoms with Crippen LogP contribution in [0.2, 0.25) is 5.02 Å². The zero-order chi connectivity index (χ0) is 19.2. The van der Waals surface area contributed by atoms with Gasteiger partial charge in [0.1, 0.15) is 0 Å². The minimum Gasteiger partial charge on any atom is -0.333 e. The van der Waals surface area contributed by atoms with Gasteiger partial charge in [-0.2, -0.15) is 0 Å². The number of benzene rings is 2. The summed E-state index contributed by atoms with van der Waals surface area (Å²) in [6.45, 7) is -0.0586. The Bertz CT molecular complexity index is 1000. The molecule has 0 bridgehead atoms. The van der Waals surface area contributed by atoms with E-state index in [-0.39, 0.29) is 18.4 Å². The van der Waals surface area contributed by atoms with Gasteiger partial charge in [0.15, 0.2) is 0 Å². The van der Waals surface area contributed by atoms with Gasteiger partial charge in [-0.3, -0.25) is 9.59 Å². The summed E-state index contributed by atoms with van der Waals surface area (Å²) in [6.07, 6.45) is 3.05. The number of hydrogen-bond donors (Lipinski definition) is 1. The number of pyridine rings is 1. The van der Waals surface area contributed by atoms with Crippen molar-refractivity contribution < 1.29 is 9.59 Å². The molecule has 0 fully saturated rings. The number of anilines is 1. The SMILES string of the molecule is CN(CC(=O)Nc1ccc(Cl)cc1)C(=O)/C=C/c1ccc2ccccc2n1. The Balaban J connectivity index is 1.58. The molecule has 0 spiro atoms. The average molecular weight is 380 g/mol. The van der Waals surface area contributed by atoms with Gasteiger partial charge in [-0.05, 0) is 42.5 Å². The van der Waals surface area contributed by atoms with Gasteiger partial charge < -0.3 is 10.2 Å². The molecule has 1 aromatic heterocycles. The molecule has 3 rings (SSSR count). The first-order valence-electron chi connectivity index (χ1n) is 8.36. The third-order valence-electron chi connectivity index (χ3n) is 3.90. The number of rotatable bonds is 5. The predicted octanol–water partition coefficient (Wildman–Crippen LogP) is 4.00. The third kappa shape index (κ3) is 5.15. The molecule has 0 unspecified atom stereocenters. The Morgan fingerprint density at radius 3 is 2.59 bits per heavy atom. The lowest BCUT2D eigenvalue weighted by Crippen LogP contribution is -2.33. The lowest BCUT2D eigenvalue weighted by Gasteiger charge is -2.14. The summed E-state index contributed by atoms with van der Waals surface area (Å²) in [4.78, 5) is 30.1. The van der Waals surface area contributed by atoms with Crippen molar-refractivity contribution in [3.05, 3.63) is 77.5 Å². The van der Waals surface area contributed by atoms with Gasteiger partial charge in [-0.25, -0.2) is 4.98 Å². The quantitative estimate of drug-likeness (QED) is 0.681. The van der Waals surface area contributed by atoms with Crippen LogP contribution in [0, 0.1) is 0 Å². The highest BCUT2D eigenvalue weighted by molar-refractivity contribution is 6.30. The van der Waals surface area contributed by atoms with Crippen LogP contribution in [0.3, 0.4) is 0 Å². The second kappa shape index (κ2) is 8.47. The summed E-state index contributed by atoms with van der Waals surface area (Å²) in [7, 11) is 1.57. The molecule has 136 valence electrons. The number of aromatic nitrogens is 1. The molecule has 2 amide bonds. The summed E-state index contributed by atoms with van der Waals surface area (Å²) in [5.41, 5.74) is 2.17. The summed E-state index contributed by atoms with van der Waals surface area (Å²) >= 11 is 5.81. The Morgan fingerprint density at radius 1 is 1.07 bits per heavy atom. The molecule has 5 nitrogen and oxygen atoms in total.